The third-order valence-corrected chi connectivity index (χ3v) is 4.01. The van der Waals surface area contributed by atoms with Crippen molar-refractivity contribution in [3.05, 3.63) is 35.7 Å². The van der Waals surface area contributed by atoms with Gasteiger partial charge >= 0.3 is 0 Å². The summed E-state index contributed by atoms with van der Waals surface area (Å²) in [7, 11) is 1.53. The lowest BCUT2D eigenvalue weighted by Gasteiger charge is -2.33. The largest absolute Gasteiger partial charge is 0.466 e. The first-order valence-corrected chi connectivity index (χ1v) is 7.48. The topological polar surface area (TPSA) is 128 Å². The summed E-state index contributed by atoms with van der Waals surface area (Å²) in [6.07, 6.45) is 0. The second kappa shape index (κ2) is 5.62. The SMILES string of the molecule is Cc1nn(C)c(C(N)=O)c1NC(=O)C1(C)Oc2ccccc2NC1=O. The number of aryl methyl sites for hydroxylation is 2. The zero-order valence-electron chi connectivity index (χ0n) is 13.9. The number of benzene rings is 1. The van der Waals surface area contributed by atoms with E-state index in [-0.39, 0.29) is 11.4 Å². The van der Waals surface area contributed by atoms with Crippen molar-refractivity contribution in [2.45, 2.75) is 19.4 Å². The number of nitrogens with two attached hydrogens (primary N) is 1. The lowest BCUT2D eigenvalue weighted by atomic mass is 10.0. The van der Waals surface area contributed by atoms with E-state index in [4.69, 9.17) is 10.5 Å². The molecule has 2 aromatic rings. The number of carbonyl (C=O) groups is 3. The van der Waals surface area contributed by atoms with E-state index in [1.165, 1.54) is 18.7 Å². The Kier molecular flexibility index (Phi) is 3.71. The van der Waals surface area contributed by atoms with E-state index in [1.54, 1.807) is 31.2 Å². The number of carbonyl (C=O) groups excluding carboxylic acids is 3. The van der Waals surface area contributed by atoms with E-state index in [1.807, 2.05) is 0 Å². The van der Waals surface area contributed by atoms with Gasteiger partial charge in [0.05, 0.1) is 17.1 Å². The summed E-state index contributed by atoms with van der Waals surface area (Å²) in [6.45, 7) is 2.96. The molecule has 0 fully saturated rings. The average molecular weight is 343 g/mol. The molecule has 0 radical (unpaired) electrons. The molecule has 130 valence electrons. The van der Waals surface area contributed by atoms with Gasteiger partial charge < -0.3 is 21.1 Å². The minimum atomic E-state index is -1.81. The first-order valence-electron chi connectivity index (χ1n) is 7.48. The van der Waals surface area contributed by atoms with Gasteiger partial charge in [-0.25, -0.2) is 0 Å². The molecule has 9 nitrogen and oxygen atoms in total. The van der Waals surface area contributed by atoms with Crippen LogP contribution in [0.3, 0.4) is 0 Å². The predicted octanol–water partition coefficient (Wildman–Crippen LogP) is 0.556. The third kappa shape index (κ3) is 2.59. The number of hydrogen-bond donors (Lipinski definition) is 3. The molecule has 0 bridgehead atoms. The van der Waals surface area contributed by atoms with Crippen LogP contribution >= 0.6 is 0 Å². The number of para-hydroxylation sites is 2. The number of amides is 3. The molecule has 3 rings (SSSR count). The second-order valence-corrected chi connectivity index (χ2v) is 5.84. The van der Waals surface area contributed by atoms with Gasteiger partial charge in [-0.2, -0.15) is 5.10 Å². The molecule has 25 heavy (non-hydrogen) atoms. The van der Waals surface area contributed by atoms with Crippen molar-refractivity contribution in [3.8, 4) is 5.75 Å². The van der Waals surface area contributed by atoms with Crippen LogP contribution in [0.2, 0.25) is 0 Å². The second-order valence-electron chi connectivity index (χ2n) is 5.84. The normalized spacial score (nSPS) is 18.8. The number of primary amides is 1. The van der Waals surface area contributed by atoms with Crippen molar-refractivity contribution in [1.29, 1.82) is 0 Å². The fraction of sp³-hybridized carbons (Fsp3) is 0.250. The summed E-state index contributed by atoms with van der Waals surface area (Å²) in [6, 6.07) is 6.78. The van der Waals surface area contributed by atoms with Crippen LogP contribution in [0, 0.1) is 6.92 Å². The molecule has 1 aliphatic rings. The summed E-state index contributed by atoms with van der Waals surface area (Å²) in [5.74, 6) is -1.73. The van der Waals surface area contributed by atoms with Gasteiger partial charge in [0.1, 0.15) is 11.4 Å². The van der Waals surface area contributed by atoms with Crippen molar-refractivity contribution < 1.29 is 19.1 Å². The molecule has 3 amide bonds. The minimum absolute atomic E-state index is 0.0334. The highest BCUT2D eigenvalue weighted by Crippen LogP contribution is 2.34. The van der Waals surface area contributed by atoms with E-state index < -0.39 is 23.3 Å². The lowest BCUT2D eigenvalue weighted by molar-refractivity contribution is -0.143. The molecule has 2 heterocycles. The van der Waals surface area contributed by atoms with Crippen molar-refractivity contribution in [1.82, 2.24) is 9.78 Å². The summed E-state index contributed by atoms with van der Waals surface area (Å²) in [5, 5.41) is 9.25. The molecule has 1 aromatic carbocycles. The monoisotopic (exact) mass is 343 g/mol. The van der Waals surface area contributed by atoms with E-state index in [9.17, 15) is 14.4 Å². The Morgan fingerprint density at radius 2 is 2.04 bits per heavy atom. The van der Waals surface area contributed by atoms with E-state index >= 15 is 0 Å². The lowest BCUT2D eigenvalue weighted by Crippen LogP contribution is -2.56. The maximum absolute atomic E-state index is 12.8. The molecule has 0 spiro atoms. The third-order valence-electron chi connectivity index (χ3n) is 4.01. The van der Waals surface area contributed by atoms with Crippen LogP contribution in [0.25, 0.3) is 0 Å². The Hall–Kier alpha value is -3.36. The maximum Gasteiger partial charge on any atom is 0.278 e. The van der Waals surface area contributed by atoms with Gasteiger partial charge in [0.2, 0.25) is 0 Å². The standard InChI is InChI=1S/C16H17N5O4/c1-8-11(12(13(17)22)21(3)20-8)19-15(24)16(2)14(23)18-9-6-4-5-7-10(9)25-16/h4-7H,1-3H3,(H2,17,22)(H,18,23)(H,19,24). The summed E-state index contributed by atoms with van der Waals surface area (Å²) in [5.41, 5.74) is 4.59. The van der Waals surface area contributed by atoms with Crippen LogP contribution in [0.1, 0.15) is 23.1 Å². The Morgan fingerprint density at radius 3 is 2.72 bits per heavy atom. The Labute approximate surface area is 143 Å². The fourth-order valence-electron chi connectivity index (χ4n) is 2.64. The molecular weight excluding hydrogens is 326 g/mol. The van der Waals surface area contributed by atoms with Gasteiger partial charge in [-0.15, -0.1) is 0 Å². The number of aromatic nitrogens is 2. The van der Waals surface area contributed by atoms with Gasteiger partial charge in [0.15, 0.2) is 0 Å². The molecule has 1 unspecified atom stereocenters. The zero-order chi connectivity index (χ0) is 18.4. The van der Waals surface area contributed by atoms with Gasteiger partial charge in [0.25, 0.3) is 23.3 Å². The molecule has 1 aliphatic heterocycles. The van der Waals surface area contributed by atoms with Gasteiger partial charge in [-0.05, 0) is 26.0 Å². The highest BCUT2D eigenvalue weighted by atomic mass is 16.5. The fourth-order valence-corrected chi connectivity index (χ4v) is 2.64. The molecule has 4 N–H and O–H groups in total. The van der Waals surface area contributed by atoms with Gasteiger partial charge in [-0.1, -0.05) is 12.1 Å². The van der Waals surface area contributed by atoms with Crippen molar-refractivity contribution in [2.75, 3.05) is 10.6 Å². The first-order chi connectivity index (χ1) is 11.7. The number of fused-ring (bicyclic) bond motifs is 1. The number of nitrogens with one attached hydrogen (secondary N) is 2. The zero-order valence-corrected chi connectivity index (χ0v) is 13.9. The van der Waals surface area contributed by atoms with Crippen LogP contribution in [-0.4, -0.2) is 33.1 Å². The van der Waals surface area contributed by atoms with E-state index in [2.05, 4.69) is 15.7 Å². The predicted molar refractivity (Wildman–Crippen MR) is 89.2 cm³/mol. The van der Waals surface area contributed by atoms with Crippen molar-refractivity contribution >= 4 is 29.1 Å². The molecule has 0 saturated heterocycles. The van der Waals surface area contributed by atoms with Crippen LogP contribution in [0.4, 0.5) is 11.4 Å². The number of anilines is 2. The molecule has 1 atom stereocenters. The van der Waals surface area contributed by atoms with E-state index in [0.29, 0.717) is 17.1 Å². The Morgan fingerprint density at radius 1 is 1.36 bits per heavy atom. The highest BCUT2D eigenvalue weighted by molar-refractivity contribution is 6.19. The highest BCUT2D eigenvalue weighted by Gasteiger charge is 2.47. The first kappa shape index (κ1) is 16.5. The van der Waals surface area contributed by atoms with Crippen LogP contribution < -0.4 is 21.1 Å². The number of rotatable bonds is 3. The Bertz CT molecular complexity index is 904. The average Bonchev–Trinajstić information content (AvgIpc) is 2.82. The summed E-state index contributed by atoms with van der Waals surface area (Å²) in [4.78, 5) is 36.8. The van der Waals surface area contributed by atoms with Crippen LogP contribution in [0.15, 0.2) is 24.3 Å². The van der Waals surface area contributed by atoms with Gasteiger partial charge in [0, 0.05) is 7.05 Å². The molecule has 1 aromatic heterocycles. The van der Waals surface area contributed by atoms with E-state index in [0.717, 1.165) is 0 Å². The molecule has 0 aliphatic carbocycles. The number of ether oxygens (including phenoxy) is 1. The van der Waals surface area contributed by atoms with Gasteiger partial charge in [-0.3, -0.25) is 19.1 Å². The number of hydrogen-bond acceptors (Lipinski definition) is 5. The maximum atomic E-state index is 12.8. The molecule has 0 saturated carbocycles. The smallest absolute Gasteiger partial charge is 0.278 e. The quantitative estimate of drug-likeness (QED) is 0.701. The molecular formula is C16H17N5O4. The van der Waals surface area contributed by atoms with Crippen molar-refractivity contribution in [2.24, 2.45) is 12.8 Å². The van der Waals surface area contributed by atoms with Crippen LogP contribution in [-0.2, 0) is 16.6 Å². The van der Waals surface area contributed by atoms with Crippen LogP contribution in [0.5, 0.6) is 5.75 Å². The number of nitrogens with zero attached hydrogens (tertiary/aromatic N) is 2. The summed E-state index contributed by atoms with van der Waals surface area (Å²) < 4.78 is 6.92. The minimum Gasteiger partial charge on any atom is -0.466 e. The summed E-state index contributed by atoms with van der Waals surface area (Å²) >= 11 is 0. The Balaban J connectivity index is 1.94. The molecule has 9 heteroatoms. The van der Waals surface area contributed by atoms with Crippen molar-refractivity contribution in [3.63, 3.8) is 0 Å².